The molecule has 0 bridgehead atoms. The van der Waals surface area contributed by atoms with Gasteiger partial charge in [0.2, 0.25) is 11.8 Å². The minimum absolute atomic E-state index is 0.0986. The molecule has 1 atom stereocenters. The average Bonchev–Trinajstić information content (AvgIpc) is 2.70. The number of allylic oxidation sites excluding steroid dienone is 1. The Balaban J connectivity index is 4.15. The minimum Gasteiger partial charge on any atom is -0.498 e. The third-order valence-electron chi connectivity index (χ3n) is 4.17. The van der Waals surface area contributed by atoms with Gasteiger partial charge in [-0.15, -0.1) is 0 Å². The molecule has 0 aliphatic rings. The standard InChI is InChI=1S/C20H35BrN4O5/c1-14(2)19(28)16(8-7-10-23-20(22)29)25-18(27)13-24-17(26)9-5-4-6-11-30-15(3)12-21/h14,16H,3-13H2,1-2H3,(H,24,26)(H,25,27)(H3,22,23,29)/t16-/m0/s1. The second-order valence-electron chi connectivity index (χ2n) is 7.22. The molecule has 0 rings (SSSR count). The van der Waals surface area contributed by atoms with Gasteiger partial charge in [-0.1, -0.05) is 36.4 Å². The fourth-order valence-corrected chi connectivity index (χ4v) is 2.70. The summed E-state index contributed by atoms with van der Waals surface area (Å²) >= 11 is 3.25. The van der Waals surface area contributed by atoms with Crippen molar-refractivity contribution in [1.82, 2.24) is 16.0 Å². The van der Waals surface area contributed by atoms with Crippen molar-refractivity contribution in [3.05, 3.63) is 12.3 Å². The Hall–Kier alpha value is -2.10. The van der Waals surface area contributed by atoms with Gasteiger partial charge in [-0.2, -0.15) is 0 Å². The van der Waals surface area contributed by atoms with E-state index in [1.54, 1.807) is 13.8 Å². The van der Waals surface area contributed by atoms with Crippen LogP contribution in [0.5, 0.6) is 0 Å². The van der Waals surface area contributed by atoms with Crippen LogP contribution in [0.1, 0.15) is 52.4 Å². The normalized spacial score (nSPS) is 11.5. The summed E-state index contributed by atoms with van der Waals surface area (Å²) in [6, 6.07) is -1.30. The number of ketones is 1. The van der Waals surface area contributed by atoms with Gasteiger partial charge in [-0.25, -0.2) is 4.79 Å². The summed E-state index contributed by atoms with van der Waals surface area (Å²) in [6.45, 7) is 7.92. The molecule has 0 aromatic rings. The van der Waals surface area contributed by atoms with E-state index in [4.69, 9.17) is 10.5 Å². The number of primary amides is 1. The van der Waals surface area contributed by atoms with Crippen LogP contribution < -0.4 is 21.7 Å². The van der Waals surface area contributed by atoms with Crippen molar-refractivity contribution in [3.8, 4) is 0 Å². The van der Waals surface area contributed by atoms with Gasteiger partial charge in [0.05, 0.1) is 30.3 Å². The highest BCUT2D eigenvalue weighted by atomic mass is 79.9. The summed E-state index contributed by atoms with van der Waals surface area (Å²) in [6.07, 6.45) is 3.54. The number of unbranched alkanes of at least 4 members (excludes halogenated alkanes) is 2. The topological polar surface area (TPSA) is 140 Å². The maximum atomic E-state index is 12.3. The first kappa shape index (κ1) is 27.9. The Labute approximate surface area is 187 Å². The minimum atomic E-state index is -0.668. The molecule has 172 valence electrons. The number of nitrogens with two attached hydrogens (primary N) is 1. The van der Waals surface area contributed by atoms with Crippen molar-refractivity contribution in [3.63, 3.8) is 0 Å². The number of Topliss-reactive ketones (excluding diaryl/α,β-unsaturated/α-hetero) is 1. The van der Waals surface area contributed by atoms with Gasteiger partial charge in [-0.3, -0.25) is 14.4 Å². The maximum Gasteiger partial charge on any atom is 0.312 e. The van der Waals surface area contributed by atoms with E-state index in [1.807, 2.05) is 0 Å². The number of alkyl halides is 1. The van der Waals surface area contributed by atoms with Crippen LogP contribution in [0.2, 0.25) is 0 Å². The summed E-state index contributed by atoms with van der Waals surface area (Å²) in [5.74, 6) is -0.305. The molecule has 30 heavy (non-hydrogen) atoms. The largest absolute Gasteiger partial charge is 0.498 e. The quantitative estimate of drug-likeness (QED) is 0.139. The van der Waals surface area contributed by atoms with E-state index in [1.165, 1.54) is 0 Å². The number of hydrogen-bond acceptors (Lipinski definition) is 5. The zero-order valence-corrected chi connectivity index (χ0v) is 19.5. The lowest BCUT2D eigenvalue weighted by Crippen LogP contribution is -2.47. The number of halogens is 1. The van der Waals surface area contributed by atoms with Crippen molar-refractivity contribution in [2.75, 3.05) is 25.0 Å². The predicted molar refractivity (Wildman–Crippen MR) is 119 cm³/mol. The molecule has 0 aliphatic carbocycles. The molecule has 10 heteroatoms. The van der Waals surface area contributed by atoms with Gasteiger partial charge in [0.25, 0.3) is 0 Å². The van der Waals surface area contributed by atoms with E-state index in [0.29, 0.717) is 49.9 Å². The lowest BCUT2D eigenvalue weighted by Gasteiger charge is -2.20. The SMILES string of the molecule is C=C(CBr)OCCCCCC(=O)NCC(=O)N[C@@H](CCCNC(N)=O)C(=O)C(C)C. The third-order valence-corrected chi connectivity index (χ3v) is 4.79. The molecule has 0 spiro atoms. The van der Waals surface area contributed by atoms with Gasteiger partial charge < -0.3 is 26.4 Å². The molecule has 0 aromatic carbocycles. The summed E-state index contributed by atoms with van der Waals surface area (Å²) in [5, 5.41) is 8.28. The van der Waals surface area contributed by atoms with Crippen LogP contribution in [0.15, 0.2) is 12.3 Å². The molecule has 0 aliphatic heterocycles. The van der Waals surface area contributed by atoms with Crippen molar-refractivity contribution in [1.29, 1.82) is 0 Å². The van der Waals surface area contributed by atoms with Crippen LogP contribution in [-0.2, 0) is 19.1 Å². The Kier molecular flexibility index (Phi) is 15.5. The van der Waals surface area contributed by atoms with E-state index in [-0.39, 0.29) is 24.2 Å². The van der Waals surface area contributed by atoms with Gasteiger partial charge in [0.15, 0.2) is 5.78 Å². The van der Waals surface area contributed by atoms with Crippen LogP contribution in [-0.4, -0.2) is 54.7 Å². The molecule has 0 aromatic heterocycles. The molecule has 0 radical (unpaired) electrons. The van der Waals surface area contributed by atoms with Gasteiger partial charge >= 0.3 is 6.03 Å². The fourth-order valence-electron chi connectivity index (χ4n) is 2.54. The number of amides is 4. The van der Waals surface area contributed by atoms with E-state index in [0.717, 1.165) is 12.8 Å². The average molecular weight is 491 g/mol. The highest BCUT2D eigenvalue weighted by Gasteiger charge is 2.22. The second kappa shape index (κ2) is 16.7. The van der Waals surface area contributed by atoms with E-state index in [2.05, 4.69) is 38.5 Å². The zero-order chi connectivity index (χ0) is 22.9. The first-order valence-electron chi connectivity index (χ1n) is 10.2. The number of carbonyl (C=O) groups is 4. The maximum absolute atomic E-state index is 12.3. The highest BCUT2D eigenvalue weighted by molar-refractivity contribution is 9.09. The number of ether oxygens (including phenoxy) is 1. The van der Waals surface area contributed by atoms with Crippen LogP contribution in [0.3, 0.4) is 0 Å². The number of hydrogen-bond donors (Lipinski definition) is 4. The van der Waals surface area contributed by atoms with Crippen LogP contribution in [0.4, 0.5) is 4.79 Å². The molecular formula is C20H35BrN4O5. The first-order valence-corrected chi connectivity index (χ1v) is 11.3. The first-order chi connectivity index (χ1) is 14.2. The Morgan fingerprint density at radius 1 is 1.03 bits per heavy atom. The molecule has 0 fully saturated rings. The molecule has 4 amide bonds. The number of rotatable bonds is 17. The number of carbonyl (C=O) groups excluding carboxylic acids is 4. The van der Waals surface area contributed by atoms with Crippen molar-refractivity contribution < 1.29 is 23.9 Å². The van der Waals surface area contributed by atoms with Crippen LogP contribution in [0, 0.1) is 5.92 Å². The lowest BCUT2D eigenvalue weighted by molar-refractivity contribution is -0.130. The summed E-state index contributed by atoms with van der Waals surface area (Å²) in [4.78, 5) is 47.0. The van der Waals surface area contributed by atoms with E-state index >= 15 is 0 Å². The zero-order valence-electron chi connectivity index (χ0n) is 17.9. The molecule has 9 nitrogen and oxygen atoms in total. The lowest BCUT2D eigenvalue weighted by atomic mass is 9.98. The van der Waals surface area contributed by atoms with Crippen LogP contribution >= 0.6 is 15.9 Å². The number of nitrogens with one attached hydrogen (secondary N) is 3. The van der Waals surface area contributed by atoms with E-state index < -0.39 is 18.0 Å². The Morgan fingerprint density at radius 3 is 2.33 bits per heavy atom. The van der Waals surface area contributed by atoms with Crippen molar-refractivity contribution >= 4 is 39.6 Å². The summed E-state index contributed by atoms with van der Waals surface area (Å²) in [7, 11) is 0. The Morgan fingerprint density at radius 2 is 1.73 bits per heavy atom. The molecule has 5 N–H and O–H groups in total. The molecule has 0 unspecified atom stereocenters. The van der Waals surface area contributed by atoms with Gasteiger partial charge in [0.1, 0.15) is 0 Å². The highest BCUT2D eigenvalue weighted by Crippen LogP contribution is 2.06. The predicted octanol–water partition coefficient (Wildman–Crippen LogP) is 1.75. The van der Waals surface area contributed by atoms with Crippen LogP contribution in [0.25, 0.3) is 0 Å². The van der Waals surface area contributed by atoms with Gasteiger partial charge in [0, 0.05) is 18.9 Å². The smallest absolute Gasteiger partial charge is 0.312 e. The molecule has 0 saturated heterocycles. The fraction of sp³-hybridized carbons (Fsp3) is 0.700. The molecular weight excluding hydrogens is 456 g/mol. The van der Waals surface area contributed by atoms with Crippen molar-refractivity contribution in [2.45, 2.75) is 58.4 Å². The third kappa shape index (κ3) is 14.8. The summed E-state index contributed by atoms with van der Waals surface area (Å²) < 4.78 is 5.35. The molecule has 0 saturated carbocycles. The van der Waals surface area contributed by atoms with Gasteiger partial charge in [-0.05, 0) is 32.1 Å². The second-order valence-corrected chi connectivity index (χ2v) is 7.78. The molecule has 0 heterocycles. The monoisotopic (exact) mass is 490 g/mol. The van der Waals surface area contributed by atoms with Crippen molar-refractivity contribution in [2.24, 2.45) is 11.7 Å². The Bertz CT molecular complexity index is 584. The van der Waals surface area contributed by atoms with E-state index in [9.17, 15) is 19.2 Å². The summed E-state index contributed by atoms with van der Waals surface area (Å²) in [5.41, 5.74) is 5.00. The number of urea groups is 1.